The number of aromatic hydroxyl groups is 1. The number of hydrogen-bond donors (Lipinski definition) is 2. The zero-order chi connectivity index (χ0) is 17.7. The minimum Gasteiger partial charge on any atom is -0.494 e. The molecule has 0 radical (unpaired) electrons. The Morgan fingerprint density at radius 3 is 2.68 bits per heavy atom. The highest BCUT2D eigenvalue weighted by molar-refractivity contribution is 7.98. The maximum Gasteiger partial charge on any atom is 0.279 e. The van der Waals surface area contributed by atoms with Gasteiger partial charge in [-0.15, -0.1) is 11.8 Å². The van der Waals surface area contributed by atoms with Gasteiger partial charge < -0.3 is 10.1 Å². The fourth-order valence-electron chi connectivity index (χ4n) is 3.28. The quantitative estimate of drug-likeness (QED) is 0.714. The number of rotatable bonds is 3. The number of fused-ring (bicyclic) bond motifs is 2. The molecule has 1 amide bonds. The molecule has 126 valence electrons. The minimum atomic E-state index is -0.305. The van der Waals surface area contributed by atoms with Gasteiger partial charge in [-0.1, -0.05) is 32.0 Å². The lowest BCUT2D eigenvalue weighted by Gasteiger charge is -2.04. The number of amides is 1. The van der Waals surface area contributed by atoms with Gasteiger partial charge in [-0.3, -0.25) is 4.79 Å². The number of benzene rings is 2. The van der Waals surface area contributed by atoms with Crippen LogP contribution in [0.3, 0.4) is 0 Å². The summed E-state index contributed by atoms with van der Waals surface area (Å²) in [7, 11) is 0. The highest BCUT2D eigenvalue weighted by Crippen LogP contribution is 2.34. The van der Waals surface area contributed by atoms with Gasteiger partial charge in [-0.25, -0.2) is 4.99 Å². The van der Waals surface area contributed by atoms with Crippen molar-refractivity contribution in [3.05, 3.63) is 58.1 Å². The van der Waals surface area contributed by atoms with Gasteiger partial charge in [0.05, 0.1) is 22.0 Å². The van der Waals surface area contributed by atoms with Crippen molar-refractivity contribution in [1.82, 2.24) is 4.98 Å². The van der Waals surface area contributed by atoms with Crippen molar-refractivity contribution in [2.24, 2.45) is 4.99 Å². The van der Waals surface area contributed by atoms with Crippen molar-refractivity contribution in [3.8, 4) is 5.88 Å². The van der Waals surface area contributed by atoms with Crippen LogP contribution in [-0.2, 0) is 4.79 Å². The summed E-state index contributed by atoms with van der Waals surface area (Å²) in [6.07, 6.45) is 2.00. The summed E-state index contributed by atoms with van der Waals surface area (Å²) >= 11 is 1.63. The van der Waals surface area contributed by atoms with Gasteiger partial charge in [0.1, 0.15) is 0 Å². The number of carbonyl (C=O) groups excluding carboxylic acids is 1. The third kappa shape index (κ3) is 2.46. The Balaban J connectivity index is 2.02. The molecule has 1 aliphatic rings. The second-order valence-corrected chi connectivity index (χ2v) is 7.36. The van der Waals surface area contributed by atoms with Gasteiger partial charge in [0.2, 0.25) is 0 Å². The molecule has 0 unspecified atom stereocenters. The van der Waals surface area contributed by atoms with E-state index < -0.39 is 0 Å². The van der Waals surface area contributed by atoms with E-state index in [1.165, 1.54) is 0 Å². The van der Waals surface area contributed by atoms with Crippen molar-refractivity contribution in [2.75, 3.05) is 6.26 Å². The molecular formula is C20H18N2O2S. The number of aromatic amines is 1. The van der Waals surface area contributed by atoms with Crippen LogP contribution in [0.4, 0.5) is 0 Å². The highest BCUT2D eigenvalue weighted by atomic mass is 32.2. The summed E-state index contributed by atoms with van der Waals surface area (Å²) in [6, 6.07) is 11.8. The van der Waals surface area contributed by atoms with Gasteiger partial charge in [0.15, 0.2) is 5.88 Å². The van der Waals surface area contributed by atoms with E-state index in [-0.39, 0.29) is 11.8 Å². The Hall–Kier alpha value is -2.53. The van der Waals surface area contributed by atoms with Crippen LogP contribution in [0.25, 0.3) is 16.5 Å². The van der Waals surface area contributed by atoms with Crippen LogP contribution in [0.15, 0.2) is 46.3 Å². The number of carbonyl (C=O) groups is 1. The second kappa shape index (κ2) is 5.77. The lowest BCUT2D eigenvalue weighted by atomic mass is 9.99. The molecule has 0 saturated carbocycles. The van der Waals surface area contributed by atoms with Crippen LogP contribution in [0, 0.1) is 0 Å². The zero-order valence-electron chi connectivity index (χ0n) is 14.3. The van der Waals surface area contributed by atoms with E-state index in [9.17, 15) is 9.90 Å². The third-order valence-electron chi connectivity index (χ3n) is 4.63. The molecule has 1 aromatic heterocycles. The monoisotopic (exact) mass is 350 g/mol. The summed E-state index contributed by atoms with van der Waals surface area (Å²) in [4.78, 5) is 20.9. The summed E-state index contributed by atoms with van der Waals surface area (Å²) in [5.74, 6) is 0.0692. The Kier molecular flexibility index (Phi) is 3.69. The second-order valence-electron chi connectivity index (χ2n) is 6.48. The Morgan fingerprint density at radius 2 is 1.96 bits per heavy atom. The molecule has 3 aromatic rings. The third-order valence-corrected chi connectivity index (χ3v) is 5.35. The molecule has 4 nitrogen and oxygen atoms in total. The molecule has 0 saturated heterocycles. The number of hydrogen-bond acceptors (Lipinski definition) is 3. The lowest BCUT2D eigenvalue weighted by molar-refractivity contribution is -0.112. The minimum absolute atomic E-state index is 0.00703. The lowest BCUT2D eigenvalue weighted by Crippen LogP contribution is -2.24. The number of aromatic nitrogens is 1. The number of H-pyrrole nitrogens is 1. The van der Waals surface area contributed by atoms with E-state index in [2.05, 4.69) is 23.8 Å². The van der Waals surface area contributed by atoms with Crippen molar-refractivity contribution in [3.63, 3.8) is 0 Å². The van der Waals surface area contributed by atoms with Gasteiger partial charge in [-0.05, 0) is 35.9 Å². The average Bonchev–Trinajstić information content (AvgIpc) is 3.08. The van der Waals surface area contributed by atoms with Crippen LogP contribution < -0.4 is 10.6 Å². The van der Waals surface area contributed by atoms with E-state index in [1.54, 1.807) is 11.8 Å². The smallest absolute Gasteiger partial charge is 0.279 e. The standard InChI is InChI=1S/C20H18N2O2S/c1-10(2)11-4-6-13-15(8-11)21-19(23)17(13)18-14-7-5-12(25-3)9-16(14)22-20(18)24/h4-10,22,24H,1-3H3. The molecule has 2 N–H and O–H groups in total. The molecule has 2 heterocycles. The summed E-state index contributed by atoms with van der Waals surface area (Å²) in [5.41, 5.74) is 2.95. The van der Waals surface area contributed by atoms with Gasteiger partial charge in [0.25, 0.3) is 5.91 Å². The van der Waals surface area contributed by atoms with Crippen LogP contribution in [-0.4, -0.2) is 22.3 Å². The first-order valence-electron chi connectivity index (χ1n) is 8.16. The van der Waals surface area contributed by atoms with E-state index in [4.69, 9.17) is 0 Å². The summed E-state index contributed by atoms with van der Waals surface area (Å²) in [6.45, 7) is 4.22. The number of thioether (sulfide) groups is 1. The molecule has 25 heavy (non-hydrogen) atoms. The number of nitrogens with zero attached hydrogens (tertiary/aromatic N) is 1. The predicted octanol–water partition coefficient (Wildman–Crippen LogP) is 3.08. The fourth-order valence-corrected chi connectivity index (χ4v) is 3.72. The van der Waals surface area contributed by atoms with Crippen molar-refractivity contribution >= 4 is 34.1 Å². The molecule has 0 bridgehead atoms. The maximum atomic E-state index is 12.6. The molecule has 0 aliphatic carbocycles. The molecule has 5 heteroatoms. The average molecular weight is 350 g/mol. The highest BCUT2D eigenvalue weighted by Gasteiger charge is 2.25. The summed E-state index contributed by atoms with van der Waals surface area (Å²) < 4.78 is 0. The molecule has 2 aromatic carbocycles. The Bertz CT molecular complexity index is 1140. The maximum absolute atomic E-state index is 12.6. The topological polar surface area (TPSA) is 65.4 Å². The van der Waals surface area contributed by atoms with Gasteiger partial charge in [0, 0.05) is 15.5 Å². The van der Waals surface area contributed by atoms with E-state index in [0.717, 1.165) is 26.6 Å². The van der Waals surface area contributed by atoms with E-state index >= 15 is 0 Å². The molecule has 4 rings (SSSR count). The SMILES string of the molecule is CSc1ccc2c(C3=c4ccc(C(C)C)cc4=NC3=O)c(O)[nH]c2c1. The van der Waals surface area contributed by atoms with Crippen LogP contribution in [0.1, 0.15) is 30.9 Å². The predicted molar refractivity (Wildman–Crippen MR) is 101 cm³/mol. The Morgan fingerprint density at radius 1 is 1.16 bits per heavy atom. The first-order chi connectivity index (χ1) is 12.0. The zero-order valence-corrected chi connectivity index (χ0v) is 15.1. The molecule has 1 aliphatic heterocycles. The fraction of sp³-hybridized carbons (Fsp3) is 0.200. The largest absolute Gasteiger partial charge is 0.494 e. The molecule has 0 fully saturated rings. The van der Waals surface area contributed by atoms with Crippen molar-refractivity contribution < 1.29 is 9.90 Å². The van der Waals surface area contributed by atoms with Gasteiger partial charge in [-0.2, -0.15) is 0 Å². The molecular weight excluding hydrogens is 332 g/mol. The van der Waals surface area contributed by atoms with Gasteiger partial charge >= 0.3 is 0 Å². The number of nitrogens with one attached hydrogen (secondary N) is 1. The Labute approximate surface area is 149 Å². The molecule has 0 spiro atoms. The van der Waals surface area contributed by atoms with E-state index in [1.807, 2.05) is 42.7 Å². The van der Waals surface area contributed by atoms with Crippen LogP contribution in [0.5, 0.6) is 5.88 Å². The first-order valence-corrected chi connectivity index (χ1v) is 9.38. The summed E-state index contributed by atoms with van der Waals surface area (Å²) in [5, 5.41) is 12.8. The normalized spacial score (nSPS) is 13.6. The van der Waals surface area contributed by atoms with Crippen LogP contribution >= 0.6 is 11.8 Å². The van der Waals surface area contributed by atoms with Crippen LogP contribution in [0.2, 0.25) is 0 Å². The van der Waals surface area contributed by atoms with E-state index in [0.29, 0.717) is 22.4 Å². The van der Waals surface area contributed by atoms with Crippen molar-refractivity contribution in [1.29, 1.82) is 0 Å². The van der Waals surface area contributed by atoms with Crippen molar-refractivity contribution in [2.45, 2.75) is 24.7 Å². The molecule has 0 atom stereocenters. The first kappa shape index (κ1) is 16.0.